The summed E-state index contributed by atoms with van der Waals surface area (Å²) in [7, 11) is 0. The third-order valence-electron chi connectivity index (χ3n) is 8.49. The van der Waals surface area contributed by atoms with Crippen LogP contribution < -0.4 is 0 Å². The average molecular weight is 560 g/mol. The van der Waals surface area contributed by atoms with Crippen molar-refractivity contribution in [1.82, 2.24) is 0 Å². The highest BCUT2D eigenvalue weighted by Gasteiger charge is 2.87. The van der Waals surface area contributed by atoms with Crippen molar-refractivity contribution in [3.05, 3.63) is 23.3 Å². The van der Waals surface area contributed by atoms with Crippen molar-refractivity contribution < 1.29 is 39.2 Å². The molecule has 9 heteroatoms. The molecule has 8 atom stereocenters. The summed E-state index contributed by atoms with van der Waals surface area (Å²) in [5.74, 6) is -3.93. The van der Waals surface area contributed by atoms with E-state index >= 15 is 0 Å². The van der Waals surface area contributed by atoms with Crippen molar-refractivity contribution in [1.29, 1.82) is 0 Å². The molecular formula is C23H29IO8. The molecule has 3 unspecified atom stereocenters. The predicted octanol–water partition coefficient (Wildman–Crippen LogP) is 2.08. The largest absolute Gasteiger partial charge is 0.454 e. The number of rotatable bonds is 3. The molecule has 0 spiro atoms. The zero-order valence-corrected chi connectivity index (χ0v) is 20.9. The lowest BCUT2D eigenvalue weighted by atomic mass is 9.59. The molecule has 0 aromatic rings. The Hall–Kier alpha value is -1.30. The summed E-state index contributed by atoms with van der Waals surface area (Å²) >= 11 is 1.50. The first kappa shape index (κ1) is 23.8. The number of carbonyl (C=O) groups excluding carboxylic acids is 3. The maximum atomic E-state index is 13.0. The summed E-state index contributed by atoms with van der Waals surface area (Å²) in [6.07, 6.45) is 2.21. The number of hydrogen-bond acceptors (Lipinski definition) is 8. The summed E-state index contributed by atoms with van der Waals surface area (Å²) in [6, 6.07) is 0. The highest BCUT2D eigenvalue weighted by molar-refractivity contribution is 14.1. The van der Waals surface area contributed by atoms with Gasteiger partial charge in [-0.1, -0.05) is 32.9 Å². The standard InChI is InChI=1S/C23H29IO8/c1-10-6-15-21(29,17(10)27)8-13(9-25)7-14-16-20(4,5)23(16,32-12(3)26)18(31-19(24)28)11(2)22(14,15)30/h6-7,11,14-16,18,25,29-30H,8-9H2,1-5H3/t11-,14?,15?,16?,18-,21-,22-,23-/m1/s1. The molecule has 2 saturated carbocycles. The van der Waals surface area contributed by atoms with Crippen molar-refractivity contribution in [2.45, 2.75) is 63.9 Å². The van der Waals surface area contributed by atoms with E-state index in [-0.39, 0.29) is 13.0 Å². The lowest BCUT2D eigenvalue weighted by molar-refractivity contribution is -0.216. The lowest BCUT2D eigenvalue weighted by Gasteiger charge is -2.52. The predicted molar refractivity (Wildman–Crippen MR) is 121 cm³/mol. The Labute approximate surface area is 200 Å². The number of fused-ring (bicyclic) bond motifs is 5. The Balaban J connectivity index is 1.97. The topological polar surface area (TPSA) is 130 Å². The molecule has 0 amide bonds. The minimum Gasteiger partial charge on any atom is -0.454 e. The van der Waals surface area contributed by atoms with Crippen LogP contribution in [0.1, 0.15) is 41.0 Å². The third-order valence-corrected chi connectivity index (χ3v) is 8.74. The van der Waals surface area contributed by atoms with Crippen molar-refractivity contribution in [3.8, 4) is 0 Å². The molecule has 0 aliphatic heterocycles. The maximum Gasteiger partial charge on any atom is 0.367 e. The molecule has 32 heavy (non-hydrogen) atoms. The van der Waals surface area contributed by atoms with E-state index < -0.39 is 67.7 Å². The van der Waals surface area contributed by atoms with E-state index in [1.54, 1.807) is 26.0 Å². The highest BCUT2D eigenvalue weighted by Crippen LogP contribution is 2.77. The van der Waals surface area contributed by atoms with Gasteiger partial charge in [-0.25, -0.2) is 4.79 Å². The molecular weight excluding hydrogens is 531 g/mol. The molecule has 8 nitrogen and oxygen atoms in total. The second kappa shape index (κ2) is 7.10. The Morgan fingerprint density at radius 3 is 2.41 bits per heavy atom. The fraction of sp³-hybridized carbons (Fsp3) is 0.696. The van der Waals surface area contributed by atoms with Gasteiger partial charge in [-0.2, -0.15) is 0 Å². The number of hydrogen-bond donors (Lipinski definition) is 3. The summed E-state index contributed by atoms with van der Waals surface area (Å²) in [5, 5.41) is 33.9. The average Bonchev–Trinajstić information content (AvgIpc) is 3.10. The smallest absolute Gasteiger partial charge is 0.367 e. The summed E-state index contributed by atoms with van der Waals surface area (Å²) in [6.45, 7) is 7.96. The normalized spacial score (nSPS) is 46.0. The molecule has 176 valence electrons. The molecule has 0 aromatic carbocycles. The third kappa shape index (κ3) is 2.74. The minimum absolute atomic E-state index is 0.114. The maximum absolute atomic E-state index is 13.0. The van der Waals surface area contributed by atoms with Gasteiger partial charge in [0.05, 0.1) is 34.8 Å². The van der Waals surface area contributed by atoms with Crippen LogP contribution in [0, 0.1) is 29.1 Å². The zero-order valence-electron chi connectivity index (χ0n) is 18.7. The van der Waals surface area contributed by atoms with E-state index in [0.717, 1.165) is 0 Å². The van der Waals surface area contributed by atoms with Crippen molar-refractivity contribution in [3.63, 3.8) is 0 Å². The first-order valence-electron chi connectivity index (χ1n) is 10.7. The van der Waals surface area contributed by atoms with Gasteiger partial charge < -0.3 is 24.8 Å². The molecule has 4 aliphatic rings. The molecule has 4 rings (SSSR count). The number of aliphatic hydroxyl groups is 3. The molecule has 0 saturated heterocycles. The van der Waals surface area contributed by atoms with Gasteiger partial charge in [0.25, 0.3) is 0 Å². The molecule has 0 heterocycles. The lowest BCUT2D eigenvalue weighted by Crippen LogP contribution is -2.66. The van der Waals surface area contributed by atoms with Crippen LogP contribution in [-0.4, -0.2) is 60.6 Å². The number of esters is 1. The van der Waals surface area contributed by atoms with E-state index in [1.165, 1.54) is 29.5 Å². The second-order valence-electron chi connectivity index (χ2n) is 10.3. The Morgan fingerprint density at radius 1 is 1.25 bits per heavy atom. The second-order valence-corrected chi connectivity index (χ2v) is 11.2. The molecule has 3 N–H and O–H groups in total. The monoisotopic (exact) mass is 560 g/mol. The number of ether oxygens (including phenoxy) is 2. The van der Waals surface area contributed by atoms with Crippen molar-refractivity contribution in [2.75, 3.05) is 6.61 Å². The summed E-state index contributed by atoms with van der Waals surface area (Å²) in [4.78, 5) is 37.2. The van der Waals surface area contributed by atoms with Crippen LogP contribution in [-0.2, 0) is 19.1 Å². The van der Waals surface area contributed by atoms with Gasteiger partial charge in [0.2, 0.25) is 0 Å². The summed E-state index contributed by atoms with van der Waals surface area (Å²) in [5.41, 5.74) is -4.71. The van der Waals surface area contributed by atoms with Gasteiger partial charge in [-0.15, -0.1) is 0 Å². The van der Waals surface area contributed by atoms with E-state index in [1.807, 2.05) is 13.8 Å². The van der Waals surface area contributed by atoms with Crippen LogP contribution in [0.25, 0.3) is 0 Å². The molecule has 0 aromatic heterocycles. The SMILES string of the molecule is CC(=O)O[C@]12C(C3C=C(CO)C[C@]4(O)C(=O)C(C)=CC4[C@@]3(O)[C@H](C)[C@H]1OC(=O)I)C2(C)C. The van der Waals surface area contributed by atoms with Gasteiger partial charge in [0, 0.05) is 42.4 Å². The Morgan fingerprint density at radius 2 is 1.88 bits per heavy atom. The van der Waals surface area contributed by atoms with Crippen LogP contribution in [0.15, 0.2) is 23.3 Å². The fourth-order valence-electron chi connectivity index (χ4n) is 7.16. The quantitative estimate of drug-likeness (QED) is 0.207. The van der Waals surface area contributed by atoms with E-state index in [2.05, 4.69) is 0 Å². The fourth-order valence-corrected chi connectivity index (χ4v) is 7.44. The Bertz CT molecular complexity index is 969. The van der Waals surface area contributed by atoms with E-state index in [0.29, 0.717) is 11.1 Å². The van der Waals surface area contributed by atoms with Crippen LogP contribution in [0.4, 0.5) is 4.79 Å². The van der Waals surface area contributed by atoms with E-state index in [9.17, 15) is 29.7 Å². The van der Waals surface area contributed by atoms with Gasteiger partial charge in [-0.05, 0) is 18.1 Å². The molecule has 4 aliphatic carbocycles. The van der Waals surface area contributed by atoms with Crippen LogP contribution >= 0.6 is 22.6 Å². The van der Waals surface area contributed by atoms with Crippen LogP contribution in [0.3, 0.4) is 0 Å². The number of Topliss-reactive ketones (excluding diaryl/α,β-unsaturated/α-hetero) is 1. The first-order valence-corrected chi connectivity index (χ1v) is 11.8. The molecule has 0 bridgehead atoms. The van der Waals surface area contributed by atoms with E-state index in [4.69, 9.17) is 9.47 Å². The van der Waals surface area contributed by atoms with Crippen LogP contribution in [0.2, 0.25) is 0 Å². The minimum atomic E-state index is -1.92. The van der Waals surface area contributed by atoms with Gasteiger partial charge in [0.15, 0.2) is 11.4 Å². The highest BCUT2D eigenvalue weighted by atomic mass is 127. The number of aliphatic hydroxyl groups excluding tert-OH is 1. The van der Waals surface area contributed by atoms with Gasteiger partial charge in [-0.3, -0.25) is 9.59 Å². The molecule has 2 fully saturated rings. The Kier molecular flexibility index (Phi) is 5.29. The zero-order chi connectivity index (χ0) is 24.0. The molecule has 0 radical (unpaired) electrons. The number of ketones is 1. The number of halogens is 1. The van der Waals surface area contributed by atoms with Gasteiger partial charge >= 0.3 is 9.95 Å². The van der Waals surface area contributed by atoms with Gasteiger partial charge in [0.1, 0.15) is 11.7 Å². The van der Waals surface area contributed by atoms with Crippen LogP contribution in [0.5, 0.6) is 0 Å². The van der Waals surface area contributed by atoms with Crippen molar-refractivity contribution in [2.24, 2.45) is 29.1 Å². The first-order chi connectivity index (χ1) is 14.7. The summed E-state index contributed by atoms with van der Waals surface area (Å²) < 4.78 is 10.9. The van der Waals surface area contributed by atoms with Crippen molar-refractivity contribution >= 4 is 38.3 Å². The number of carbonyl (C=O) groups is 3.